The highest BCUT2D eigenvalue weighted by Gasteiger charge is 2.35. The number of rotatable bonds is 9. The Morgan fingerprint density at radius 3 is 2.30 bits per heavy atom. The molecular formula is C33H42ClN11O2. The molecule has 0 bridgehead atoms. The highest BCUT2D eigenvalue weighted by Crippen LogP contribution is 2.32. The van der Waals surface area contributed by atoms with Gasteiger partial charge < -0.3 is 21.3 Å². The van der Waals surface area contributed by atoms with Gasteiger partial charge in [-0.05, 0) is 97.4 Å². The van der Waals surface area contributed by atoms with E-state index in [1.54, 1.807) is 24.3 Å². The third kappa shape index (κ3) is 7.99. The lowest BCUT2D eigenvalue weighted by molar-refractivity contribution is -0.130. The average Bonchev–Trinajstić information content (AvgIpc) is 3.65. The van der Waals surface area contributed by atoms with E-state index in [2.05, 4.69) is 47.4 Å². The molecule has 14 heteroatoms. The van der Waals surface area contributed by atoms with Gasteiger partial charge in [-0.15, -0.1) is 17.5 Å². The number of nitrogens with one attached hydrogen (secondary N) is 1. The summed E-state index contributed by atoms with van der Waals surface area (Å²) in [4.78, 5) is 43.0. The van der Waals surface area contributed by atoms with Crippen molar-refractivity contribution in [3.8, 4) is 22.5 Å². The summed E-state index contributed by atoms with van der Waals surface area (Å²) in [5.41, 5.74) is 16.4. The third-order valence-corrected chi connectivity index (χ3v) is 9.17. The van der Waals surface area contributed by atoms with Crippen molar-refractivity contribution in [1.82, 2.24) is 35.5 Å². The van der Waals surface area contributed by atoms with Gasteiger partial charge in [0, 0.05) is 55.6 Å². The maximum atomic E-state index is 14.0. The van der Waals surface area contributed by atoms with Gasteiger partial charge in [-0.25, -0.2) is 20.0 Å². The van der Waals surface area contributed by atoms with Crippen LogP contribution in [0.25, 0.3) is 22.5 Å². The third-order valence-electron chi connectivity index (χ3n) is 9.17. The molecule has 2 aliphatic rings. The molecule has 1 aliphatic carbocycles. The van der Waals surface area contributed by atoms with Crippen molar-refractivity contribution in [2.45, 2.75) is 38.1 Å². The number of benzene rings is 2. The monoisotopic (exact) mass is 659 g/mol. The normalized spacial score (nSPS) is 19.1. The number of aromatic nitrogens is 6. The number of aromatic amines is 1. The standard InChI is InChI=1S/C33H41N11O2.ClH/c1-42-13-15-43(16-14-42)33-36-20-27(21-37-33)26-4-2-3-23(17-26)18-29(35)32(46)44(31(45)25-7-5-22(19-34)6-8-25)28-11-9-24(10-12-28)30-38-40-41-39-30;/h2-4,9-12,17,20-22,25,29H,5-8,13-16,18-19,34-35H2,1H3,(H,38,39,40,41);1H/t22-,25-,29-;/m0./s1. The summed E-state index contributed by atoms with van der Waals surface area (Å²) in [6.45, 7) is 4.37. The van der Waals surface area contributed by atoms with Gasteiger partial charge >= 0.3 is 0 Å². The number of nitrogens with two attached hydrogens (primary N) is 2. The molecule has 5 N–H and O–H groups in total. The van der Waals surface area contributed by atoms with Crippen LogP contribution in [0.15, 0.2) is 60.9 Å². The first-order valence-electron chi connectivity index (χ1n) is 15.9. The summed E-state index contributed by atoms with van der Waals surface area (Å²) in [7, 11) is 2.12. The van der Waals surface area contributed by atoms with E-state index in [0.29, 0.717) is 36.8 Å². The van der Waals surface area contributed by atoms with Crippen LogP contribution in [-0.2, 0) is 16.0 Å². The molecule has 3 heterocycles. The van der Waals surface area contributed by atoms with E-state index in [1.807, 2.05) is 36.7 Å². The predicted octanol–water partition coefficient (Wildman–Crippen LogP) is 2.69. The first-order chi connectivity index (χ1) is 22.4. The number of hydrogen-bond donors (Lipinski definition) is 3. The summed E-state index contributed by atoms with van der Waals surface area (Å²) < 4.78 is 0. The van der Waals surface area contributed by atoms with Crippen molar-refractivity contribution in [3.63, 3.8) is 0 Å². The lowest BCUT2D eigenvalue weighted by Crippen LogP contribution is -2.50. The van der Waals surface area contributed by atoms with Crippen molar-refractivity contribution >= 4 is 35.9 Å². The summed E-state index contributed by atoms with van der Waals surface area (Å²) in [6, 6.07) is 14.0. The zero-order chi connectivity index (χ0) is 32.0. The summed E-state index contributed by atoms with van der Waals surface area (Å²) in [6.07, 6.45) is 7.06. The first-order valence-corrected chi connectivity index (χ1v) is 15.9. The lowest BCUT2D eigenvalue weighted by Gasteiger charge is -2.32. The zero-order valence-electron chi connectivity index (χ0n) is 26.5. The minimum atomic E-state index is -0.936. The molecule has 248 valence electrons. The smallest absolute Gasteiger partial charge is 0.251 e. The number of piperazine rings is 1. The van der Waals surface area contributed by atoms with Gasteiger partial charge in [0.25, 0.3) is 5.91 Å². The van der Waals surface area contributed by atoms with Crippen LogP contribution in [0.5, 0.6) is 0 Å². The minimum Gasteiger partial charge on any atom is -0.338 e. The van der Waals surface area contributed by atoms with Crippen molar-refractivity contribution in [3.05, 3.63) is 66.5 Å². The number of nitrogens with zero attached hydrogens (tertiary/aromatic N) is 8. The van der Waals surface area contributed by atoms with E-state index in [4.69, 9.17) is 11.5 Å². The Morgan fingerprint density at radius 1 is 0.957 bits per heavy atom. The van der Waals surface area contributed by atoms with Crippen LogP contribution in [0.1, 0.15) is 31.2 Å². The van der Waals surface area contributed by atoms with E-state index in [0.717, 1.165) is 67.2 Å². The number of anilines is 2. The van der Waals surface area contributed by atoms with Crippen molar-refractivity contribution in [1.29, 1.82) is 0 Å². The van der Waals surface area contributed by atoms with Crippen LogP contribution in [0.2, 0.25) is 0 Å². The summed E-state index contributed by atoms with van der Waals surface area (Å²) in [5, 5.41) is 13.9. The van der Waals surface area contributed by atoms with Crippen LogP contribution in [-0.4, -0.2) is 93.1 Å². The number of carbonyl (C=O) groups is 2. The molecule has 13 nitrogen and oxygen atoms in total. The molecule has 4 aromatic rings. The Morgan fingerprint density at radius 2 is 1.66 bits per heavy atom. The molecule has 0 unspecified atom stereocenters. The number of hydrogen-bond acceptors (Lipinski definition) is 11. The molecule has 47 heavy (non-hydrogen) atoms. The molecule has 0 radical (unpaired) electrons. The molecule has 2 amide bonds. The molecule has 2 aromatic carbocycles. The van der Waals surface area contributed by atoms with Crippen LogP contribution >= 0.6 is 12.4 Å². The molecule has 1 atom stereocenters. The van der Waals surface area contributed by atoms with E-state index < -0.39 is 11.9 Å². The largest absolute Gasteiger partial charge is 0.338 e. The highest BCUT2D eigenvalue weighted by molar-refractivity contribution is 6.17. The topological polar surface area (TPSA) is 176 Å². The fourth-order valence-corrected chi connectivity index (χ4v) is 6.27. The molecule has 1 saturated carbocycles. The molecule has 2 fully saturated rings. The lowest BCUT2D eigenvalue weighted by atomic mass is 9.81. The number of amides is 2. The molecule has 0 spiro atoms. The number of likely N-dealkylation sites (N-methyl/N-ethyl adjacent to an activating group) is 1. The van der Waals surface area contributed by atoms with Gasteiger partial charge in [0.2, 0.25) is 11.9 Å². The Balaban J connectivity index is 0.00000433. The fraction of sp³-hybridized carbons (Fsp3) is 0.424. The second-order valence-electron chi connectivity index (χ2n) is 12.3. The number of tetrazole rings is 1. The maximum Gasteiger partial charge on any atom is 0.251 e. The van der Waals surface area contributed by atoms with Crippen LogP contribution in [0, 0.1) is 11.8 Å². The van der Waals surface area contributed by atoms with Gasteiger partial charge in [0.05, 0.1) is 11.7 Å². The second kappa shape index (κ2) is 15.5. The number of imide groups is 1. The van der Waals surface area contributed by atoms with Crippen molar-refractivity contribution < 1.29 is 9.59 Å². The van der Waals surface area contributed by atoms with Crippen molar-refractivity contribution in [2.75, 3.05) is 49.6 Å². The number of carbonyl (C=O) groups excluding carboxylic acids is 2. The Kier molecular flexibility index (Phi) is 11.2. The van der Waals surface area contributed by atoms with E-state index in [-0.39, 0.29) is 30.7 Å². The molecular weight excluding hydrogens is 618 g/mol. The molecule has 1 aliphatic heterocycles. The quantitative estimate of drug-likeness (QED) is 0.241. The number of H-pyrrole nitrogens is 1. The predicted molar refractivity (Wildman–Crippen MR) is 183 cm³/mol. The Hall–Kier alpha value is -4.30. The van der Waals surface area contributed by atoms with E-state index in [9.17, 15) is 9.59 Å². The number of halogens is 1. The van der Waals surface area contributed by atoms with Gasteiger partial charge in [-0.2, -0.15) is 0 Å². The molecule has 6 rings (SSSR count). The first kappa shape index (κ1) is 34.0. The highest BCUT2D eigenvalue weighted by atomic mass is 35.5. The van der Waals surface area contributed by atoms with Gasteiger partial charge in [0.15, 0.2) is 5.82 Å². The SMILES string of the molecule is CN1CCN(c2ncc(-c3cccc(C[C@H](N)C(=O)N(c4ccc(-c5nnn[nH]5)cc4)C(=O)[C@H]4CC[C@H](CN)CC4)c3)cn2)CC1.Cl. The van der Waals surface area contributed by atoms with Crippen LogP contribution < -0.4 is 21.3 Å². The summed E-state index contributed by atoms with van der Waals surface area (Å²) >= 11 is 0. The van der Waals surface area contributed by atoms with E-state index in [1.165, 1.54) is 4.90 Å². The van der Waals surface area contributed by atoms with Gasteiger partial charge in [-0.1, -0.05) is 24.3 Å². The Bertz CT molecular complexity index is 1600. The van der Waals surface area contributed by atoms with Crippen LogP contribution in [0.4, 0.5) is 11.6 Å². The zero-order valence-corrected chi connectivity index (χ0v) is 27.4. The maximum absolute atomic E-state index is 14.0. The minimum absolute atomic E-state index is 0. The van der Waals surface area contributed by atoms with Gasteiger partial charge in [0.1, 0.15) is 0 Å². The van der Waals surface area contributed by atoms with E-state index >= 15 is 0 Å². The molecule has 1 saturated heterocycles. The van der Waals surface area contributed by atoms with Crippen LogP contribution in [0.3, 0.4) is 0 Å². The molecule has 2 aromatic heterocycles. The Labute approximate surface area is 280 Å². The summed E-state index contributed by atoms with van der Waals surface area (Å²) in [5.74, 6) is 0.695. The van der Waals surface area contributed by atoms with Crippen molar-refractivity contribution in [2.24, 2.45) is 23.3 Å². The van der Waals surface area contributed by atoms with Gasteiger partial charge in [-0.3, -0.25) is 9.59 Å². The second-order valence-corrected chi connectivity index (χ2v) is 12.3. The average molecular weight is 660 g/mol. The fourth-order valence-electron chi connectivity index (χ4n) is 6.27.